The molecule has 6 nitrogen and oxygen atoms in total. The van der Waals surface area contributed by atoms with Crippen molar-refractivity contribution >= 4 is 5.97 Å². The van der Waals surface area contributed by atoms with Crippen molar-refractivity contribution in [1.29, 1.82) is 0 Å². The van der Waals surface area contributed by atoms with Crippen LogP contribution in [0.5, 0.6) is 0 Å². The Morgan fingerprint density at radius 3 is 2.77 bits per heavy atom. The normalized spacial score (nSPS) is 30.4. The standard InChI is InChI=1S/C16H28O6/c1-11(8-6-4-5-7-9-15(19)20-3)21-16-14(18)10-13(17)12(2)22-16/h7,9,11-14,16-18H,4-6,8,10H2,1-3H3/t11-,12?,13+,14?,16+/m0/s1. The summed E-state index contributed by atoms with van der Waals surface area (Å²) in [5.41, 5.74) is 0. The number of aliphatic hydroxyl groups excluding tert-OH is 2. The summed E-state index contributed by atoms with van der Waals surface area (Å²) in [6.45, 7) is 3.71. The number of unbranched alkanes of at least 4 members (excludes halogenated alkanes) is 2. The lowest BCUT2D eigenvalue weighted by molar-refractivity contribution is -0.273. The van der Waals surface area contributed by atoms with Crippen molar-refractivity contribution in [2.75, 3.05) is 7.11 Å². The van der Waals surface area contributed by atoms with Crippen molar-refractivity contribution in [1.82, 2.24) is 0 Å². The molecule has 0 aliphatic carbocycles. The van der Waals surface area contributed by atoms with E-state index in [4.69, 9.17) is 9.47 Å². The first-order valence-corrected chi connectivity index (χ1v) is 7.85. The first-order chi connectivity index (χ1) is 10.4. The Balaban J connectivity index is 2.16. The Hall–Kier alpha value is -0.950. The van der Waals surface area contributed by atoms with Crippen molar-refractivity contribution in [2.24, 2.45) is 0 Å². The fraction of sp³-hybridized carbons (Fsp3) is 0.812. The van der Waals surface area contributed by atoms with Crippen LogP contribution in [-0.4, -0.2) is 54.0 Å². The molecule has 6 heteroatoms. The maximum atomic E-state index is 10.9. The van der Waals surface area contributed by atoms with Crippen LogP contribution in [0.25, 0.3) is 0 Å². The van der Waals surface area contributed by atoms with Crippen LogP contribution in [-0.2, 0) is 19.0 Å². The van der Waals surface area contributed by atoms with Crippen LogP contribution >= 0.6 is 0 Å². The maximum absolute atomic E-state index is 10.9. The highest BCUT2D eigenvalue weighted by molar-refractivity contribution is 5.81. The number of rotatable bonds is 8. The second-order valence-corrected chi connectivity index (χ2v) is 5.74. The third kappa shape index (κ3) is 6.87. The summed E-state index contributed by atoms with van der Waals surface area (Å²) in [4.78, 5) is 10.9. The van der Waals surface area contributed by atoms with Crippen molar-refractivity contribution < 1.29 is 29.2 Å². The predicted molar refractivity (Wildman–Crippen MR) is 81.1 cm³/mol. The third-order valence-corrected chi connectivity index (χ3v) is 3.74. The molecule has 1 rings (SSSR count). The average molecular weight is 316 g/mol. The molecule has 0 aromatic carbocycles. The van der Waals surface area contributed by atoms with E-state index in [2.05, 4.69) is 4.74 Å². The number of carbonyl (C=O) groups excluding carboxylic acids is 1. The summed E-state index contributed by atoms with van der Waals surface area (Å²) in [5.74, 6) is -0.337. The molecule has 0 saturated carbocycles. The highest BCUT2D eigenvalue weighted by Gasteiger charge is 2.35. The van der Waals surface area contributed by atoms with Crippen molar-refractivity contribution in [2.45, 2.75) is 76.7 Å². The Labute approximate surface area is 132 Å². The molecular weight excluding hydrogens is 288 g/mol. The molecule has 22 heavy (non-hydrogen) atoms. The fourth-order valence-electron chi connectivity index (χ4n) is 2.30. The SMILES string of the molecule is COC(=O)C=CCCCC[C@H](C)O[C@@H]1OC(C)[C@H](O)CC1O. The van der Waals surface area contributed by atoms with E-state index in [1.165, 1.54) is 13.2 Å². The number of hydrogen-bond donors (Lipinski definition) is 2. The van der Waals surface area contributed by atoms with E-state index in [1.54, 1.807) is 13.0 Å². The summed E-state index contributed by atoms with van der Waals surface area (Å²) in [6, 6.07) is 0. The summed E-state index contributed by atoms with van der Waals surface area (Å²) in [6.07, 6.45) is 4.58. The van der Waals surface area contributed by atoms with Gasteiger partial charge in [0.15, 0.2) is 6.29 Å². The van der Waals surface area contributed by atoms with E-state index in [1.807, 2.05) is 6.92 Å². The van der Waals surface area contributed by atoms with Gasteiger partial charge in [-0.15, -0.1) is 0 Å². The zero-order chi connectivity index (χ0) is 16.5. The van der Waals surface area contributed by atoms with Crippen LogP contribution < -0.4 is 0 Å². The highest BCUT2D eigenvalue weighted by atomic mass is 16.7. The third-order valence-electron chi connectivity index (χ3n) is 3.74. The highest BCUT2D eigenvalue weighted by Crippen LogP contribution is 2.23. The molecule has 1 saturated heterocycles. The quantitative estimate of drug-likeness (QED) is 0.401. The molecule has 0 aromatic rings. The van der Waals surface area contributed by atoms with Gasteiger partial charge in [-0.2, -0.15) is 0 Å². The van der Waals surface area contributed by atoms with Crippen LogP contribution in [0.2, 0.25) is 0 Å². The van der Waals surface area contributed by atoms with Gasteiger partial charge in [0.05, 0.1) is 25.4 Å². The average Bonchev–Trinajstić information content (AvgIpc) is 2.48. The first-order valence-electron chi connectivity index (χ1n) is 7.85. The van der Waals surface area contributed by atoms with Crippen molar-refractivity contribution in [3.63, 3.8) is 0 Å². The second kappa shape index (κ2) is 9.94. The number of methoxy groups -OCH3 is 1. The van der Waals surface area contributed by atoms with E-state index in [9.17, 15) is 15.0 Å². The molecule has 0 amide bonds. The number of allylic oxidation sites excluding steroid dienone is 1. The van der Waals surface area contributed by atoms with Crippen molar-refractivity contribution in [3.8, 4) is 0 Å². The number of hydrogen-bond acceptors (Lipinski definition) is 6. The molecule has 0 aromatic heterocycles. The van der Waals surface area contributed by atoms with Gasteiger partial charge in [-0.3, -0.25) is 0 Å². The topological polar surface area (TPSA) is 85.2 Å². The van der Waals surface area contributed by atoms with Gasteiger partial charge >= 0.3 is 5.97 Å². The molecule has 2 unspecified atom stereocenters. The van der Waals surface area contributed by atoms with Gasteiger partial charge < -0.3 is 24.4 Å². The lowest BCUT2D eigenvalue weighted by Crippen LogP contribution is -2.48. The minimum Gasteiger partial charge on any atom is -0.466 e. The van der Waals surface area contributed by atoms with Crippen molar-refractivity contribution in [3.05, 3.63) is 12.2 Å². The molecule has 1 heterocycles. The van der Waals surface area contributed by atoms with Crippen LogP contribution in [0.1, 0.15) is 46.0 Å². The molecule has 1 aliphatic heterocycles. The van der Waals surface area contributed by atoms with Crippen LogP contribution in [0.4, 0.5) is 0 Å². The minimum atomic E-state index is -0.795. The number of aliphatic hydroxyl groups is 2. The number of esters is 1. The summed E-state index contributed by atoms with van der Waals surface area (Å²) in [7, 11) is 1.35. The molecule has 128 valence electrons. The maximum Gasteiger partial charge on any atom is 0.330 e. The summed E-state index contributed by atoms with van der Waals surface area (Å²) >= 11 is 0. The number of carbonyl (C=O) groups is 1. The van der Waals surface area contributed by atoms with E-state index >= 15 is 0 Å². The van der Waals surface area contributed by atoms with Gasteiger partial charge in [-0.05, 0) is 33.1 Å². The molecule has 0 bridgehead atoms. The lowest BCUT2D eigenvalue weighted by atomic mass is 10.0. The molecule has 2 N–H and O–H groups in total. The molecule has 1 aliphatic rings. The van der Waals surface area contributed by atoms with Gasteiger partial charge in [0.25, 0.3) is 0 Å². The fourth-order valence-corrected chi connectivity index (χ4v) is 2.30. The van der Waals surface area contributed by atoms with Crippen LogP contribution in [0.15, 0.2) is 12.2 Å². The summed E-state index contributed by atoms with van der Waals surface area (Å²) in [5, 5.41) is 19.5. The lowest BCUT2D eigenvalue weighted by Gasteiger charge is -2.36. The first kappa shape index (κ1) is 19.1. The van der Waals surface area contributed by atoms with E-state index in [0.717, 1.165) is 25.7 Å². The predicted octanol–water partition coefficient (Wildman–Crippen LogP) is 1.54. The minimum absolute atomic E-state index is 0.0355. The zero-order valence-corrected chi connectivity index (χ0v) is 13.6. The zero-order valence-electron chi connectivity index (χ0n) is 13.6. The Bertz CT molecular complexity index is 357. The van der Waals surface area contributed by atoms with Gasteiger partial charge in [-0.1, -0.05) is 12.5 Å². The van der Waals surface area contributed by atoms with Gasteiger partial charge in [-0.25, -0.2) is 4.79 Å². The van der Waals surface area contributed by atoms with E-state index in [0.29, 0.717) is 0 Å². The van der Waals surface area contributed by atoms with Crippen LogP contribution in [0, 0.1) is 0 Å². The molecule has 5 atom stereocenters. The van der Waals surface area contributed by atoms with Gasteiger partial charge in [0.2, 0.25) is 0 Å². The Kier molecular flexibility index (Phi) is 8.63. The molecule has 0 radical (unpaired) electrons. The smallest absolute Gasteiger partial charge is 0.330 e. The molecule has 0 spiro atoms. The molecular formula is C16H28O6. The van der Waals surface area contributed by atoms with Crippen LogP contribution in [0.3, 0.4) is 0 Å². The Morgan fingerprint density at radius 2 is 2.09 bits per heavy atom. The van der Waals surface area contributed by atoms with Gasteiger partial charge in [0, 0.05) is 12.5 Å². The Morgan fingerprint density at radius 1 is 1.36 bits per heavy atom. The van der Waals surface area contributed by atoms with Gasteiger partial charge in [0.1, 0.15) is 6.10 Å². The second-order valence-electron chi connectivity index (χ2n) is 5.74. The van der Waals surface area contributed by atoms with E-state index < -0.39 is 18.5 Å². The summed E-state index contributed by atoms with van der Waals surface area (Å²) < 4.78 is 15.7. The van der Waals surface area contributed by atoms with E-state index in [-0.39, 0.29) is 24.6 Å². The number of ether oxygens (including phenoxy) is 3. The molecule has 1 fully saturated rings. The monoisotopic (exact) mass is 316 g/mol. The largest absolute Gasteiger partial charge is 0.466 e.